The highest BCUT2D eigenvalue weighted by molar-refractivity contribution is 6.46. The molecule has 3 heterocycles. The van der Waals surface area contributed by atoms with Gasteiger partial charge in [0.15, 0.2) is 0 Å². The van der Waals surface area contributed by atoms with Gasteiger partial charge in [-0.15, -0.1) is 0 Å². The Labute approximate surface area is 197 Å². The molecule has 34 heavy (non-hydrogen) atoms. The number of ether oxygens (including phenoxy) is 2. The number of hydrogen-bond donors (Lipinski definition) is 1. The lowest BCUT2D eigenvalue weighted by atomic mass is 9.95. The second-order valence-corrected chi connectivity index (χ2v) is 7.59. The first-order valence-corrected chi connectivity index (χ1v) is 11.0. The number of amides is 1. The molecule has 1 N–H and O–H groups in total. The maximum atomic E-state index is 13.2. The normalized spacial score (nSPS) is 17.1. The first kappa shape index (κ1) is 23.0. The molecule has 1 aliphatic rings. The molecule has 8 nitrogen and oxygen atoms in total. The van der Waals surface area contributed by atoms with E-state index in [2.05, 4.69) is 9.97 Å². The number of hydrogen-bond acceptors (Lipinski definition) is 7. The average Bonchev–Trinajstić information content (AvgIpc) is 3.10. The third kappa shape index (κ3) is 4.47. The van der Waals surface area contributed by atoms with Gasteiger partial charge in [-0.1, -0.05) is 0 Å². The van der Waals surface area contributed by atoms with Gasteiger partial charge in [-0.25, -0.2) is 0 Å². The fourth-order valence-electron chi connectivity index (χ4n) is 4.00. The molecule has 0 saturated carbocycles. The highest BCUT2D eigenvalue weighted by atomic mass is 16.5. The van der Waals surface area contributed by atoms with E-state index in [0.717, 1.165) is 5.56 Å². The summed E-state index contributed by atoms with van der Waals surface area (Å²) in [5.74, 6) is -0.816. The molecule has 1 fully saturated rings. The summed E-state index contributed by atoms with van der Waals surface area (Å²) in [6.07, 6.45) is 6.43. The molecule has 2 aromatic heterocycles. The number of aliphatic hydroxyl groups excluding tert-OH is 1. The van der Waals surface area contributed by atoms with Gasteiger partial charge < -0.3 is 19.5 Å². The van der Waals surface area contributed by atoms with Crippen LogP contribution in [0.2, 0.25) is 0 Å². The number of likely N-dealkylation sites (tertiary alicyclic amines) is 1. The number of Topliss-reactive ketones (excluding diaryl/α,β-unsaturated/α-hetero) is 1. The Bertz CT molecular complexity index is 1210. The molecule has 1 saturated heterocycles. The number of benzene rings is 1. The molecule has 0 bridgehead atoms. The van der Waals surface area contributed by atoms with Crippen LogP contribution in [-0.4, -0.2) is 44.9 Å². The van der Waals surface area contributed by atoms with E-state index in [1.807, 2.05) is 13.8 Å². The Morgan fingerprint density at radius 1 is 0.941 bits per heavy atom. The minimum Gasteiger partial charge on any atom is -0.507 e. The zero-order chi connectivity index (χ0) is 24.1. The molecular weight excluding hydrogens is 434 g/mol. The van der Waals surface area contributed by atoms with E-state index in [4.69, 9.17) is 9.47 Å². The lowest BCUT2D eigenvalue weighted by molar-refractivity contribution is -0.140. The maximum absolute atomic E-state index is 13.2. The fourth-order valence-corrected chi connectivity index (χ4v) is 4.00. The molecule has 0 aliphatic carbocycles. The van der Waals surface area contributed by atoms with E-state index in [9.17, 15) is 14.7 Å². The summed E-state index contributed by atoms with van der Waals surface area (Å²) in [6, 6.07) is 11.2. The van der Waals surface area contributed by atoms with Crippen molar-refractivity contribution in [2.24, 2.45) is 0 Å². The monoisotopic (exact) mass is 459 g/mol. The summed E-state index contributed by atoms with van der Waals surface area (Å²) in [6.45, 7) is 4.69. The summed E-state index contributed by atoms with van der Waals surface area (Å²) in [5, 5.41) is 11.4. The van der Waals surface area contributed by atoms with Crippen LogP contribution in [0.4, 0.5) is 0 Å². The van der Waals surface area contributed by atoms with Gasteiger partial charge in [0.1, 0.15) is 17.3 Å². The van der Waals surface area contributed by atoms with Crippen LogP contribution in [0.1, 0.15) is 36.6 Å². The predicted molar refractivity (Wildman–Crippen MR) is 125 cm³/mol. The summed E-state index contributed by atoms with van der Waals surface area (Å²) in [5.41, 5.74) is 1.78. The van der Waals surface area contributed by atoms with Crippen LogP contribution in [0, 0.1) is 0 Å². The number of aliphatic hydroxyl groups is 1. The Hall–Kier alpha value is -4.20. The van der Waals surface area contributed by atoms with E-state index in [1.54, 1.807) is 67.3 Å². The highest BCUT2D eigenvalue weighted by Crippen LogP contribution is 2.42. The molecule has 0 radical (unpaired) electrons. The van der Waals surface area contributed by atoms with E-state index in [0.29, 0.717) is 35.8 Å². The molecule has 1 atom stereocenters. The van der Waals surface area contributed by atoms with Gasteiger partial charge in [0.05, 0.1) is 30.4 Å². The minimum atomic E-state index is -0.794. The van der Waals surface area contributed by atoms with Gasteiger partial charge in [0.25, 0.3) is 11.7 Å². The van der Waals surface area contributed by atoms with Gasteiger partial charge in [0.2, 0.25) is 0 Å². The van der Waals surface area contributed by atoms with E-state index >= 15 is 0 Å². The Morgan fingerprint density at radius 3 is 2.24 bits per heavy atom. The van der Waals surface area contributed by atoms with Crippen molar-refractivity contribution in [3.05, 3.63) is 89.5 Å². The van der Waals surface area contributed by atoms with Crippen LogP contribution in [0.3, 0.4) is 0 Å². The van der Waals surface area contributed by atoms with Crippen LogP contribution in [0.5, 0.6) is 11.5 Å². The number of carbonyl (C=O) groups is 2. The van der Waals surface area contributed by atoms with Crippen LogP contribution in [-0.2, 0) is 16.1 Å². The number of carbonyl (C=O) groups excluding carboxylic acids is 2. The van der Waals surface area contributed by atoms with Crippen molar-refractivity contribution >= 4 is 17.4 Å². The van der Waals surface area contributed by atoms with Crippen molar-refractivity contribution in [1.29, 1.82) is 0 Å². The fraction of sp³-hybridized carbons (Fsp3) is 0.231. The van der Waals surface area contributed by atoms with Crippen LogP contribution in [0.25, 0.3) is 5.76 Å². The van der Waals surface area contributed by atoms with Crippen LogP contribution >= 0.6 is 0 Å². The number of pyridine rings is 2. The van der Waals surface area contributed by atoms with Crippen molar-refractivity contribution in [2.45, 2.75) is 26.4 Å². The minimum absolute atomic E-state index is 0.00429. The van der Waals surface area contributed by atoms with Gasteiger partial charge in [-0.05, 0) is 61.4 Å². The molecule has 174 valence electrons. The van der Waals surface area contributed by atoms with Crippen molar-refractivity contribution in [1.82, 2.24) is 14.9 Å². The van der Waals surface area contributed by atoms with Crippen LogP contribution in [0.15, 0.2) is 72.8 Å². The van der Waals surface area contributed by atoms with E-state index in [-0.39, 0.29) is 17.9 Å². The second-order valence-electron chi connectivity index (χ2n) is 7.59. The highest BCUT2D eigenvalue weighted by Gasteiger charge is 2.46. The standard InChI is InChI=1S/C26H25N3O5/c1-3-33-19-5-6-20(21(15-19)34-4-2)24(30)22-23(18-9-13-28-14-10-18)29(26(32)25(22)31)16-17-7-11-27-12-8-17/h5-15,23,30H,3-4,16H2,1-2H3/b24-22-. The first-order chi connectivity index (χ1) is 16.5. The second kappa shape index (κ2) is 10.2. The SMILES string of the molecule is CCOc1ccc(/C(O)=C2/C(=O)C(=O)N(Cc3ccncc3)C2c2ccncc2)c(OCC)c1. The van der Waals surface area contributed by atoms with Gasteiger partial charge >= 0.3 is 0 Å². The summed E-state index contributed by atoms with van der Waals surface area (Å²) >= 11 is 0. The van der Waals surface area contributed by atoms with Crippen LogP contribution < -0.4 is 9.47 Å². The lowest BCUT2D eigenvalue weighted by Crippen LogP contribution is -2.29. The number of nitrogens with zero attached hydrogens (tertiary/aromatic N) is 3. The molecule has 8 heteroatoms. The van der Waals surface area contributed by atoms with Crippen molar-refractivity contribution in [2.75, 3.05) is 13.2 Å². The molecule has 1 aliphatic heterocycles. The van der Waals surface area contributed by atoms with Gasteiger partial charge in [0, 0.05) is 37.4 Å². The molecule has 1 amide bonds. The third-order valence-corrected chi connectivity index (χ3v) is 5.48. The largest absolute Gasteiger partial charge is 0.507 e. The molecule has 3 aromatic rings. The Balaban J connectivity index is 1.86. The molecule has 1 unspecified atom stereocenters. The molecular formula is C26H25N3O5. The third-order valence-electron chi connectivity index (χ3n) is 5.48. The summed E-state index contributed by atoms with van der Waals surface area (Å²) in [7, 11) is 0. The Morgan fingerprint density at radius 2 is 1.59 bits per heavy atom. The molecule has 0 spiro atoms. The smallest absolute Gasteiger partial charge is 0.295 e. The zero-order valence-corrected chi connectivity index (χ0v) is 19.0. The maximum Gasteiger partial charge on any atom is 0.295 e. The topological polar surface area (TPSA) is 102 Å². The number of aromatic nitrogens is 2. The quantitative estimate of drug-likeness (QED) is 0.310. The van der Waals surface area contributed by atoms with E-state index < -0.39 is 17.7 Å². The van der Waals surface area contributed by atoms with Crippen molar-refractivity contribution in [3.63, 3.8) is 0 Å². The van der Waals surface area contributed by atoms with E-state index in [1.165, 1.54) is 4.90 Å². The van der Waals surface area contributed by atoms with Gasteiger partial charge in [-0.2, -0.15) is 0 Å². The summed E-state index contributed by atoms with van der Waals surface area (Å²) in [4.78, 5) is 35.9. The predicted octanol–water partition coefficient (Wildman–Crippen LogP) is 3.90. The van der Waals surface area contributed by atoms with Crippen molar-refractivity contribution < 1.29 is 24.2 Å². The zero-order valence-electron chi connectivity index (χ0n) is 19.0. The van der Waals surface area contributed by atoms with Crippen molar-refractivity contribution in [3.8, 4) is 11.5 Å². The summed E-state index contributed by atoms with van der Waals surface area (Å²) < 4.78 is 11.3. The lowest BCUT2D eigenvalue weighted by Gasteiger charge is -2.25. The number of rotatable bonds is 8. The van der Waals surface area contributed by atoms with Gasteiger partial charge in [-0.3, -0.25) is 19.6 Å². The number of ketones is 1. The average molecular weight is 460 g/mol. The molecule has 1 aromatic carbocycles. The molecule has 4 rings (SSSR count). The Kier molecular flexibility index (Phi) is 6.87. The first-order valence-electron chi connectivity index (χ1n) is 11.0.